The number of imidazole rings is 1. The standard InChI is InChI=1S/C20H17N3OS.ClH/c1-23-16-9-5-2-6-13(16)18-19(24)12(11-25-20(18)23)10-17-21-14-7-3-4-8-15(14)22-17;/h2-9,12H,10-11H2,1H3,(H,21,22);1H. The summed E-state index contributed by atoms with van der Waals surface area (Å²) in [4.78, 5) is 21.2. The topological polar surface area (TPSA) is 50.7 Å². The van der Waals surface area contributed by atoms with Crippen LogP contribution < -0.4 is 0 Å². The van der Waals surface area contributed by atoms with Gasteiger partial charge in [-0.2, -0.15) is 0 Å². The van der Waals surface area contributed by atoms with Crippen molar-refractivity contribution in [2.75, 3.05) is 5.75 Å². The number of ketones is 1. The molecule has 2 aromatic heterocycles. The van der Waals surface area contributed by atoms with Crippen LogP contribution in [-0.4, -0.2) is 26.1 Å². The maximum Gasteiger partial charge on any atom is 0.170 e. The van der Waals surface area contributed by atoms with Gasteiger partial charge in [0.05, 0.1) is 21.6 Å². The molecular formula is C20H18ClN3OS. The van der Waals surface area contributed by atoms with Gasteiger partial charge in [-0.1, -0.05) is 30.3 Å². The largest absolute Gasteiger partial charge is 0.342 e. The molecule has 1 N–H and O–H groups in total. The van der Waals surface area contributed by atoms with Crippen molar-refractivity contribution in [2.24, 2.45) is 13.0 Å². The molecular weight excluding hydrogens is 366 g/mol. The Bertz CT molecular complexity index is 1100. The van der Waals surface area contributed by atoms with Gasteiger partial charge in [-0.3, -0.25) is 4.79 Å². The number of carbonyl (C=O) groups excluding carboxylic acids is 1. The van der Waals surface area contributed by atoms with Crippen molar-refractivity contribution in [3.8, 4) is 0 Å². The van der Waals surface area contributed by atoms with Gasteiger partial charge >= 0.3 is 0 Å². The normalized spacial score (nSPS) is 16.7. The number of fused-ring (bicyclic) bond motifs is 4. The second-order valence-corrected chi connectivity index (χ2v) is 7.54. The van der Waals surface area contributed by atoms with Gasteiger partial charge in [-0.15, -0.1) is 24.2 Å². The van der Waals surface area contributed by atoms with E-state index < -0.39 is 0 Å². The predicted molar refractivity (Wildman–Crippen MR) is 109 cm³/mol. The second-order valence-electron chi connectivity index (χ2n) is 6.53. The van der Waals surface area contributed by atoms with Crippen molar-refractivity contribution in [1.82, 2.24) is 14.5 Å². The zero-order valence-corrected chi connectivity index (χ0v) is 15.9. The fourth-order valence-electron chi connectivity index (χ4n) is 3.72. The molecule has 2 aromatic carbocycles. The molecule has 0 spiro atoms. The summed E-state index contributed by atoms with van der Waals surface area (Å²) in [6.45, 7) is 0. The highest BCUT2D eigenvalue weighted by atomic mass is 35.5. The van der Waals surface area contributed by atoms with Crippen molar-refractivity contribution in [3.63, 3.8) is 0 Å². The van der Waals surface area contributed by atoms with Crippen LogP contribution in [0.1, 0.15) is 16.2 Å². The Hall–Kier alpha value is -2.24. The molecule has 0 bridgehead atoms. The summed E-state index contributed by atoms with van der Waals surface area (Å²) >= 11 is 1.78. The molecule has 0 saturated heterocycles. The fourth-order valence-corrected chi connectivity index (χ4v) is 5.00. The number of nitrogens with zero attached hydrogens (tertiary/aromatic N) is 2. The third-order valence-corrected chi connectivity index (χ3v) is 6.29. The molecule has 3 heterocycles. The Morgan fingerprint density at radius 3 is 2.81 bits per heavy atom. The van der Waals surface area contributed by atoms with Crippen LogP contribution in [0.25, 0.3) is 21.9 Å². The first-order valence-electron chi connectivity index (χ1n) is 8.40. The van der Waals surface area contributed by atoms with Gasteiger partial charge in [0.25, 0.3) is 0 Å². The summed E-state index contributed by atoms with van der Waals surface area (Å²) in [7, 11) is 2.04. The number of Topliss-reactive ketones (excluding diaryl/α,β-unsaturated/α-hetero) is 1. The zero-order valence-electron chi connectivity index (χ0n) is 14.2. The van der Waals surface area contributed by atoms with E-state index in [0.717, 1.165) is 44.1 Å². The Kier molecular flexibility index (Phi) is 4.29. The highest BCUT2D eigenvalue weighted by Crippen LogP contribution is 2.40. The SMILES string of the molecule is Cl.Cn1c2c(c3ccccc31)C(=O)C(Cc1nc3ccccc3[nH]1)CS2. The molecule has 0 amide bonds. The molecule has 1 unspecified atom stereocenters. The monoisotopic (exact) mass is 383 g/mol. The van der Waals surface area contributed by atoms with E-state index in [4.69, 9.17) is 0 Å². The molecule has 26 heavy (non-hydrogen) atoms. The van der Waals surface area contributed by atoms with Gasteiger partial charge < -0.3 is 9.55 Å². The maximum atomic E-state index is 13.2. The van der Waals surface area contributed by atoms with E-state index in [1.165, 1.54) is 0 Å². The number of carbonyl (C=O) groups is 1. The molecule has 4 nitrogen and oxygen atoms in total. The number of aryl methyl sites for hydroxylation is 1. The number of nitrogens with one attached hydrogen (secondary N) is 1. The molecule has 0 saturated carbocycles. The van der Waals surface area contributed by atoms with Crippen LogP contribution >= 0.6 is 24.2 Å². The van der Waals surface area contributed by atoms with Crippen LogP contribution in [-0.2, 0) is 13.5 Å². The summed E-state index contributed by atoms with van der Waals surface area (Å²) in [5, 5.41) is 2.15. The number of H-pyrrole nitrogens is 1. The van der Waals surface area contributed by atoms with Gasteiger partial charge in [0.1, 0.15) is 5.82 Å². The summed E-state index contributed by atoms with van der Waals surface area (Å²) < 4.78 is 2.14. The lowest BCUT2D eigenvalue weighted by Gasteiger charge is -2.20. The average molecular weight is 384 g/mol. The lowest BCUT2D eigenvalue weighted by molar-refractivity contribution is 0.0926. The summed E-state index contributed by atoms with van der Waals surface area (Å²) in [6, 6.07) is 16.1. The minimum atomic E-state index is -0.0381. The van der Waals surface area contributed by atoms with Gasteiger partial charge in [-0.25, -0.2) is 4.98 Å². The Balaban J connectivity index is 0.00000168. The highest BCUT2D eigenvalue weighted by molar-refractivity contribution is 7.99. The van der Waals surface area contributed by atoms with Crippen LogP contribution in [0.5, 0.6) is 0 Å². The number of thioether (sulfide) groups is 1. The minimum Gasteiger partial charge on any atom is -0.342 e. The van der Waals surface area contributed by atoms with E-state index in [1.807, 2.05) is 43.4 Å². The molecule has 6 heteroatoms. The first-order valence-corrected chi connectivity index (χ1v) is 9.39. The fraction of sp³-hybridized carbons (Fsp3) is 0.200. The first-order chi connectivity index (χ1) is 12.2. The van der Waals surface area contributed by atoms with E-state index in [1.54, 1.807) is 11.8 Å². The average Bonchev–Trinajstić information content (AvgIpc) is 3.17. The number of para-hydroxylation sites is 3. The summed E-state index contributed by atoms with van der Waals surface area (Å²) in [6.07, 6.45) is 0.656. The lowest BCUT2D eigenvalue weighted by atomic mass is 9.95. The molecule has 5 rings (SSSR count). The number of aromatic amines is 1. The van der Waals surface area contributed by atoms with Crippen LogP contribution in [0.2, 0.25) is 0 Å². The Morgan fingerprint density at radius 1 is 1.19 bits per heavy atom. The number of aromatic nitrogens is 3. The van der Waals surface area contributed by atoms with E-state index in [9.17, 15) is 4.79 Å². The van der Waals surface area contributed by atoms with Gasteiger partial charge in [0.15, 0.2) is 5.78 Å². The van der Waals surface area contributed by atoms with Crippen LogP contribution in [0, 0.1) is 5.92 Å². The third-order valence-electron chi connectivity index (χ3n) is 4.97. The maximum absolute atomic E-state index is 13.2. The summed E-state index contributed by atoms with van der Waals surface area (Å²) in [5.74, 6) is 1.89. The molecule has 0 aliphatic carbocycles. The number of hydrogen-bond acceptors (Lipinski definition) is 3. The first kappa shape index (κ1) is 17.2. The number of benzene rings is 2. The van der Waals surface area contributed by atoms with E-state index in [-0.39, 0.29) is 24.1 Å². The molecule has 1 aliphatic rings. The smallest absolute Gasteiger partial charge is 0.170 e. The zero-order chi connectivity index (χ0) is 17.0. The van der Waals surface area contributed by atoms with Crippen molar-refractivity contribution >= 4 is 51.9 Å². The number of hydrogen-bond donors (Lipinski definition) is 1. The second kappa shape index (κ2) is 6.49. The lowest BCUT2D eigenvalue weighted by Crippen LogP contribution is -2.24. The quantitative estimate of drug-likeness (QED) is 0.549. The third kappa shape index (κ3) is 2.54. The Morgan fingerprint density at radius 2 is 1.96 bits per heavy atom. The minimum absolute atomic E-state index is 0. The highest BCUT2D eigenvalue weighted by Gasteiger charge is 2.33. The molecule has 1 aliphatic heterocycles. The van der Waals surface area contributed by atoms with E-state index in [2.05, 4.69) is 26.7 Å². The van der Waals surface area contributed by atoms with Gasteiger partial charge in [0, 0.05) is 36.0 Å². The van der Waals surface area contributed by atoms with Crippen molar-refractivity contribution in [3.05, 3.63) is 59.9 Å². The van der Waals surface area contributed by atoms with Crippen LogP contribution in [0.15, 0.2) is 53.6 Å². The molecule has 132 valence electrons. The van der Waals surface area contributed by atoms with Crippen LogP contribution in [0.4, 0.5) is 0 Å². The number of halogens is 1. The van der Waals surface area contributed by atoms with E-state index >= 15 is 0 Å². The van der Waals surface area contributed by atoms with Crippen molar-refractivity contribution < 1.29 is 4.79 Å². The Labute approximate surface area is 161 Å². The van der Waals surface area contributed by atoms with Crippen LogP contribution in [0.3, 0.4) is 0 Å². The predicted octanol–water partition coefficient (Wildman–Crippen LogP) is 4.62. The molecule has 0 radical (unpaired) electrons. The molecule has 0 fully saturated rings. The molecule has 1 atom stereocenters. The van der Waals surface area contributed by atoms with Gasteiger partial charge in [-0.05, 0) is 18.2 Å². The van der Waals surface area contributed by atoms with E-state index in [0.29, 0.717) is 6.42 Å². The molecule has 4 aromatic rings. The van der Waals surface area contributed by atoms with Gasteiger partial charge in [0.2, 0.25) is 0 Å². The summed E-state index contributed by atoms with van der Waals surface area (Å²) in [5.41, 5.74) is 3.99. The number of rotatable bonds is 2. The van der Waals surface area contributed by atoms with Crippen molar-refractivity contribution in [2.45, 2.75) is 11.4 Å². The van der Waals surface area contributed by atoms with Crippen molar-refractivity contribution in [1.29, 1.82) is 0 Å².